The Bertz CT molecular complexity index is 774. The number of hydrogen-bond donors (Lipinski definition) is 2. The van der Waals surface area contributed by atoms with Gasteiger partial charge in [-0.25, -0.2) is 4.39 Å². The van der Waals surface area contributed by atoms with Crippen LogP contribution in [0.25, 0.3) is 0 Å². The van der Waals surface area contributed by atoms with E-state index in [4.69, 9.17) is 23.2 Å². The van der Waals surface area contributed by atoms with Crippen LogP contribution in [0.15, 0.2) is 42.5 Å². The van der Waals surface area contributed by atoms with Crippen molar-refractivity contribution in [3.63, 3.8) is 0 Å². The number of para-hydroxylation sites is 1. The first-order valence-corrected chi connectivity index (χ1v) is 7.80. The van der Waals surface area contributed by atoms with Crippen molar-refractivity contribution in [2.24, 2.45) is 5.41 Å². The Morgan fingerprint density at radius 2 is 1.50 bits per heavy atom. The van der Waals surface area contributed by atoms with E-state index in [1.165, 1.54) is 32.0 Å². The van der Waals surface area contributed by atoms with E-state index in [2.05, 4.69) is 10.6 Å². The summed E-state index contributed by atoms with van der Waals surface area (Å²) < 4.78 is 13.2. The quantitative estimate of drug-likeness (QED) is 0.765. The summed E-state index contributed by atoms with van der Waals surface area (Å²) in [6.45, 7) is 2.89. The molecule has 0 unspecified atom stereocenters. The molecule has 0 fully saturated rings. The van der Waals surface area contributed by atoms with Crippen molar-refractivity contribution in [2.45, 2.75) is 13.8 Å². The second kappa shape index (κ2) is 7.20. The molecule has 0 heterocycles. The monoisotopic (exact) mass is 368 g/mol. The van der Waals surface area contributed by atoms with Crippen molar-refractivity contribution < 1.29 is 14.0 Å². The molecule has 126 valence electrons. The topological polar surface area (TPSA) is 58.2 Å². The zero-order chi connectivity index (χ0) is 17.9. The summed E-state index contributed by atoms with van der Waals surface area (Å²) in [4.78, 5) is 24.9. The van der Waals surface area contributed by atoms with Crippen molar-refractivity contribution in [1.82, 2.24) is 0 Å². The number of carbonyl (C=O) groups is 2. The van der Waals surface area contributed by atoms with Gasteiger partial charge in [-0.2, -0.15) is 0 Å². The Hall–Kier alpha value is -2.11. The van der Waals surface area contributed by atoms with Crippen LogP contribution in [0.5, 0.6) is 0 Å². The minimum absolute atomic E-state index is 0.234. The van der Waals surface area contributed by atoms with Crippen LogP contribution < -0.4 is 10.6 Å². The molecule has 0 aliphatic carbocycles. The van der Waals surface area contributed by atoms with Gasteiger partial charge in [0, 0.05) is 5.69 Å². The van der Waals surface area contributed by atoms with Gasteiger partial charge in [-0.3, -0.25) is 9.59 Å². The predicted molar refractivity (Wildman–Crippen MR) is 93.9 cm³/mol. The van der Waals surface area contributed by atoms with Crippen LogP contribution in [0.4, 0.5) is 15.8 Å². The van der Waals surface area contributed by atoms with E-state index in [0.29, 0.717) is 0 Å². The summed E-state index contributed by atoms with van der Waals surface area (Å²) >= 11 is 12.0. The largest absolute Gasteiger partial charge is 0.325 e. The van der Waals surface area contributed by atoms with Crippen LogP contribution in [0, 0.1) is 11.2 Å². The molecule has 0 atom stereocenters. The molecule has 0 spiro atoms. The van der Waals surface area contributed by atoms with E-state index < -0.39 is 23.0 Å². The molecule has 0 saturated carbocycles. The van der Waals surface area contributed by atoms with Crippen molar-refractivity contribution in [3.05, 3.63) is 58.3 Å². The molecule has 24 heavy (non-hydrogen) atoms. The smallest absolute Gasteiger partial charge is 0.239 e. The predicted octanol–water partition coefficient (Wildman–Crippen LogP) is 4.74. The molecule has 0 radical (unpaired) electrons. The van der Waals surface area contributed by atoms with E-state index in [1.54, 1.807) is 18.2 Å². The maximum absolute atomic E-state index is 13.2. The number of carbonyl (C=O) groups excluding carboxylic acids is 2. The Morgan fingerprint density at radius 3 is 2.08 bits per heavy atom. The minimum Gasteiger partial charge on any atom is -0.325 e. The minimum atomic E-state index is -1.44. The Labute approximate surface area is 149 Å². The molecule has 0 saturated heterocycles. The maximum Gasteiger partial charge on any atom is 0.239 e. The van der Waals surface area contributed by atoms with Gasteiger partial charge < -0.3 is 10.6 Å². The highest BCUT2D eigenvalue weighted by Gasteiger charge is 2.36. The first-order valence-electron chi connectivity index (χ1n) is 7.04. The zero-order valence-electron chi connectivity index (χ0n) is 13.0. The molecule has 7 heteroatoms. The second-order valence-electron chi connectivity index (χ2n) is 5.64. The Morgan fingerprint density at radius 1 is 0.958 bits per heavy atom. The molecule has 4 nitrogen and oxygen atoms in total. The molecule has 0 aliphatic heterocycles. The number of amides is 2. The number of hydrogen-bond acceptors (Lipinski definition) is 2. The fourth-order valence-corrected chi connectivity index (χ4v) is 2.34. The second-order valence-corrected chi connectivity index (χ2v) is 6.45. The summed E-state index contributed by atoms with van der Waals surface area (Å²) in [5, 5.41) is 5.59. The van der Waals surface area contributed by atoms with Crippen LogP contribution in [-0.4, -0.2) is 11.8 Å². The van der Waals surface area contributed by atoms with Crippen molar-refractivity contribution in [3.8, 4) is 0 Å². The van der Waals surface area contributed by atoms with Crippen molar-refractivity contribution in [1.29, 1.82) is 0 Å². The number of rotatable bonds is 4. The molecule has 2 N–H and O–H groups in total. The normalized spacial score (nSPS) is 11.0. The maximum atomic E-state index is 13.2. The fraction of sp³-hybridized carbons (Fsp3) is 0.176. The molecule has 2 rings (SSSR count). The lowest BCUT2D eigenvalue weighted by atomic mass is 9.90. The SMILES string of the molecule is CC(C)(C(=O)Nc1cccc(F)c1)C(=O)Nc1c(Cl)cccc1Cl. The Balaban J connectivity index is 2.16. The van der Waals surface area contributed by atoms with Gasteiger partial charge in [-0.1, -0.05) is 35.3 Å². The first-order chi connectivity index (χ1) is 11.2. The summed E-state index contributed by atoms with van der Waals surface area (Å²) in [5.41, 5.74) is -0.941. The number of anilines is 2. The first kappa shape index (κ1) is 18.2. The van der Waals surface area contributed by atoms with Crippen LogP contribution in [-0.2, 0) is 9.59 Å². The van der Waals surface area contributed by atoms with Gasteiger partial charge in [0.05, 0.1) is 15.7 Å². The highest BCUT2D eigenvalue weighted by atomic mass is 35.5. The third kappa shape index (κ3) is 4.04. The highest BCUT2D eigenvalue weighted by molar-refractivity contribution is 6.40. The average Bonchev–Trinajstić information content (AvgIpc) is 2.50. The van der Waals surface area contributed by atoms with Crippen LogP contribution in [0.2, 0.25) is 10.0 Å². The summed E-state index contributed by atoms with van der Waals surface area (Å²) in [6.07, 6.45) is 0. The van der Waals surface area contributed by atoms with E-state index >= 15 is 0 Å². The lowest BCUT2D eigenvalue weighted by molar-refractivity contribution is -0.135. The number of benzene rings is 2. The lowest BCUT2D eigenvalue weighted by Gasteiger charge is -2.23. The fourth-order valence-electron chi connectivity index (χ4n) is 1.84. The van der Waals surface area contributed by atoms with Gasteiger partial charge >= 0.3 is 0 Å². The highest BCUT2D eigenvalue weighted by Crippen LogP contribution is 2.31. The molecular formula is C17H15Cl2FN2O2. The van der Waals surface area contributed by atoms with Crippen LogP contribution in [0.1, 0.15) is 13.8 Å². The molecule has 0 aliphatic rings. The Kier molecular flexibility index (Phi) is 5.47. The van der Waals surface area contributed by atoms with E-state index in [1.807, 2.05) is 0 Å². The standard InChI is InChI=1S/C17H15Cl2FN2O2/c1-17(2,15(23)21-11-6-3-5-10(20)9-11)16(24)22-14-12(18)7-4-8-13(14)19/h3-9H,1-2H3,(H,21,23)(H,22,24). The molecule has 2 amide bonds. The number of nitrogens with one attached hydrogen (secondary N) is 2. The summed E-state index contributed by atoms with van der Waals surface area (Å²) in [5.74, 6) is -1.67. The average molecular weight is 369 g/mol. The third-order valence-electron chi connectivity index (χ3n) is 3.42. The van der Waals surface area contributed by atoms with Gasteiger partial charge in [0.15, 0.2) is 0 Å². The van der Waals surface area contributed by atoms with Gasteiger partial charge in [0.2, 0.25) is 11.8 Å². The lowest BCUT2D eigenvalue weighted by Crippen LogP contribution is -2.41. The van der Waals surface area contributed by atoms with Crippen molar-refractivity contribution in [2.75, 3.05) is 10.6 Å². The molecule has 0 aromatic heterocycles. The van der Waals surface area contributed by atoms with Crippen LogP contribution >= 0.6 is 23.2 Å². The van der Waals surface area contributed by atoms with Gasteiger partial charge in [0.25, 0.3) is 0 Å². The van der Waals surface area contributed by atoms with Gasteiger partial charge in [0.1, 0.15) is 11.2 Å². The molecule has 0 bridgehead atoms. The van der Waals surface area contributed by atoms with Gasteiger partial charge in [-0.15, -0.1) is 0 Å². The number of halogens is 3. The summed E-state index contributed by atoms with van der Waals surface area (Å²) in [6, 6.07) is 10.2. The van der Waals surface area contributed by atoms with E-state index in [0.717, 1.165) is 6.07 Å². The van der Waals surface area contributed by atoms with Crippen molar-refractivity contribution >= 4 is 46.4 Å². The summed E-state index contributed by atoms with van der Waals surface area (Å²) in [7, 11) is 0. The van der Waals surface area contributed by atoms with E-state index in [-0.39, 0.29) is 21.4 Å². The molecule has 2 aromatic carbocycles. The van der Waals surface area contributed by atoms with Crippen LogP contribution in [0.3, 0.4) is 0 Å². The zero-order valence-corrected chi connectivity index (χ0v) is 14.5. The van der Waals surface area contributed by atoms with Gasteiger partial charge in [-0.05, 0) is 44.2 Å². The third-order valence-corrected chi connectivity index (χ3v) is 4.05. The molecule has 2 aromatic rings. The molecular weight excluding hydrogens is 354 g/mol. The van der Waals surface area contributed by atoms with E-state index in [9.17, 15) is 14.0 Å².